The molecule has 1 saturated heterocycles. The first-order valence-electron chi connectivity index (χ1n) is 9.44. The van der Waals surface area contributed by atoms with Crippen molar-refractivity contribution in [2.45, 2.75) is 26.4 Å². The van der Waals surface area contributed by atoms with E-state index in [4.69, 9.17) is 14.2 Å². The molecule has 0 saturated carbocycles. The fraction of sp³-hybridized carbons (Fsp3) is 0.364. The summed E-state index contributed by atoms with van der Waals surface area (Å²) in [5.41, 5.74) is 3.89. The Hall–Kier alpha value is -3.22. The van der Waals surface area contributed by atoms with Gasteiger partial charge in [-0.1, -0.05) is 12.1 Å². The minimum atomic E-state index is -0.396. The predicted octanol–water partition coefficient (Wildman–Crippen LogP) is 3.00. The van der Waals surface area contributed by atoms with Crippen LogP contribution in [0.3, 0.4) is 0 Å². The molecule has 1 aliphatic heterocycles. The number of aryl methyl sites for hydroxylation is 2. The summed E-state index contributed by atoms with van der Waals surface area (Å²) in [7, 11) is 3.12. The largest absolute Gasteiger partial charge is 0.493 e. The number of hydrogen-bond donors (Lipinski definition) is 1. The van der Waals surface area contributed by atoms with Gasteiger partial charge in [0.1, 0.15) is 6.10 Å². The van der Waals surface area contributed by atoms with Crippen molar-refractivity contribution in [2.75, 3.05) is 32.2 Å². The van der Waals surface area contributed by atoms with Crippen LogP contribution in [0.4, 0.5) is 10.5 Å². The van der Waals surface area contributed by atoms with Crippen LogP contribution in [0.5, 0.6) is 11.5 Å². The van der Waals surface area contributed by atoms with Crippen LogP contribution in [0.2, 0.25) is 0 Å². The quantitative estimate of drug-likeness (QED) is 0.776. The van der Waals surface area contributed by atoms with Crippen molar-refractivity contribution in [1.29, 1.82) is 0 Å². The molecular weight excluding hydrogens is 372 g/mol. The molecule has 1 fully saturated rings. The second-order valence-corrected chi connectivity index (χ2v) is 7.06. The number of methoxy groups -OCH3 is 2. The van der Waals surface area contributed by atoms with Crippen molar-refractivity contribution in [2.24, 2.45) is 0 Å². The summed E-state index contributed by atoms with van der Waals surface area (Å²) in [6.07, 6.45) is -0.590. The Morgan fingerprint density at radius 3 is 2.55 bits per heavy atom. The lowest BCUT2D eigenvalue weighted by molar-refractivity contribution is -0.120. The van der Waals surface area contributed by atoms with Crippen LogP contribution in [-0.4, -0.2) is 45.4 Å². The van der Waals surface area contributed by atoms with Crippen molar-refractivity contribution in [3.05, 3.63) is 53.1 Å². The van der Waals surface area contributed by atoms with Crippen molar-refractivity contribution in [3.63, 3.8) is 0 Å². The summed E-state index contributed by atoms with van der Waals surface area (Å²) in [6, 6.07) is 11.2. The molecule has 2 amide bonds. The lowest BCUT2D eigenvalue weighted by Gasteiger charge is -2.14. The van der Waals surface area contributed by atoms with E-state index in [1.165, 1.54) is 5.56 Å². The molecule has 1 atom stereocenters. The van der Waals surface area contributed by atoms with Crippen LogP contribution >= 0.6 is 0 Å². The van der Waals surface area contributed by atoms with Crippen LogP contribution < -0.4 is 19.7 Å². The first kappa shape index (κ1) is 20.5. The zero-order valence-electron chi connectivity index (χ0n) is 17.2. The molecule has 2 aromatic rings. The van der Waals surface area contributed by atoms with Gasteiger partial charge in [0.05, 0.1) is 33.7 Å². The van der Waals surface area contributed by atoms with Gasteiger partial charge in [0.15, 0.2) is 11.5 Å². The molecule has 0 aliphatic carbocycles. The molecule has 2 aromatic carbocycles. The Morgan fingerprint density at radius 2 is 1.86 bits per heavy atom. The molecule has 0 bridgehead atoms. The van der Waals surface area contributed by atoms with E-state index in [1.807, 2.05) is 38.1 Å². The number of nitrogens with zero attached hydrogens (tertiary/aromatic N) is 1. The number of anilines is 1. The van der Waals surface area contributed by atoms with E-state index in [1.54, 1.807) is 31.3 Å². The third-order valence-corrected chi connectivity index (χ3v) is 5.02. The maximum atomic E-state index is 12.3. The number of nitrogens with one attached hydrogen (secondary N) is 1. The molecule has 0 radical (unpaired) electrons. The van der Waals surface area contributed by atoms with Crippen LogP contribution in [-0.2, 0) is 16.0 Å². The SMILES string of the molecule is COc1ccc(CC(=O)NCC2CN(c3ccc(C)c(C)c3)C(=O)O2)cc1OC. The summed E-state index contributed by atoms with van der Waals surface area (Å²) in [5, 5.41) is 2.84. The summed E-state index contributed by atoms with van der Waals surface area (Å²) >= 11 is 0. The number of rotatable bonds is 7. The fourth-order valence-electron chi connectivity index (χ4n) is 3.20. The second kappa shape index (κ2) is 8.86. The lowest BCUT2D eigenvalue weighted by Crippen LogP contribution is -2.35. The smallest absolute Gasteiger partial charge is 0.414 e. The van der Waals surface area contributed by atoms with E-state index in [9.17, 15) is 9.59 Å². The lowest BCUT2D eigenvalue weighted by atomic mass is 10.1. The summed E-state index contributed by atoms with van der Waals surface area (Å²) in [5.74, 6) is 1.03. The molecule has 1 N–H and O–H groups in total. The molecule has 1 heterocycles. The van der Waals surface area contributed by atoms with Gasteiger partial charge >= 0.3 is 6.09 Å². The standard InChI is InChI=1S/C22H26N2O5/c1-14-5-7-17(9-15(14)2)24-13-18(29-22(24)26)12-23-21(25)11-16-6-8-19(27-3)20(10-16)28-4/h5-10,18H,11-13H2,1-4H3,(H,23,25). The average Bonchev–Trinajstić information content (AvgIpc) is 3.09. The molecule has 3 rings (SSSR count). The highest BCUT2D eigenvalue weighted by Crippen LogP contribution is 2.28. The highest BCUT2D eigenvalue weighted by Gasteiger charge is 2.32. The van der Waals surface area contributed by atoms with Crippen LogP contribution in [0, 0.1) is 13.8 Å². The normalized spacial score (nSPS) is 15.8. The number of amides is 2. The van der Waals surface area contributed by atoms with E-state index in [0.717, 1.165) is 16.8 Å². The van der Waals surface area contributed by atoms with Gasteiger partial charge in [0.2, 0.25) is 5.91 Å². The Bertz CT molecular complexity index is 912. The number of carbonyl (C=O) groups is 2. The molecule has 7 heteroatoms. The van der Waals surface area contributed by atoms with E-state index in [2.05, 4.69) is 5.32 Å². The van der Waals surface area contributed by atoms with Crippen molar-refractivity contribution in [1.82, 2.24) is 5.32 Å². The molecule has 0 aromatic heterocycles. The molecule has 154 valence electrons. The predicted molar refractivity (Wildman–Crippen MR) is 110 cm³/mol. The maximum absolute atomic E-state index is 12.3. The van der Waals surface area contributed by atoms with Crippen LogP contribution in [0.15, 0.2) is 36.4 Å². The van der Waals surface area contributed by atoms with E-state index >= 15 is 0 Å². The zero-order chi connectivity index (χ0) is 21.0. The van der Waals surface area contributed by atoms with Gasteiger partial charge in [-0.05, 0) is 54.8 Å². The van der Waals surface area contributed by atoms with Gasteiger partial charge in [0.25, 0.3) is 0 Å². The van der Waals surface area contributed by atoms with E-state index in [0.29, 0.717) is 18.0 Å². The zero-order valence-corrected chi connectivity index (χ0v) is 17.2. The average molecular weight is 398 g/mol. The molecule has 29 heavy (non-hydrogen) atoms. The third-order valence-electron chi connectivity index (χ3n) is 5.02. The van der Waals surface area contributed by atoms with Crippen LogP contribution in [0.1, 0.15) is 16.7 Å². The van der Waals surface area contributed by atoms with Crippen molar-refractivity contribution in [3.8, 4) is 11.5 Å². The van der Waals surface area contributed by atoms with Gasteiger partial charge in [-0.15, -0.1) is 0 Å². The fourth-order valence-corrected chi connectivity index (χ4v) is 3.20. The molecule has 7 nitrogen and oxygen atoms in total. The minimum absolute atomic E-state index is 0.155. The third kappa shape index (κ3) is 4.80. The molecule has 0 spiro atoms. The summed E-state index contributed by atoms with van der Waals surface area (Å²) in [4.78, 5) is 26.1. The van der Waals surface area contributed by atoms with Gasteiger partial charge in [0, 0.05) is 5.69 Å². The summed E-state index contributed by atoms with van der Waals surface area (Å²) in [6.45, 7) is 4.70. The monoisotopic (exact) mass is 398 g/mol. The summed E-state index contributed by atoms with van der Waals surface area (Å²) < 4.78 is 15.9. The van der Waals surface area contributed by atoms with E-state index < -0.39 is 12.2 Å². The number of ether oxygens (including phenoxy) is 3. The first-order chi connectivity index (χ1) is 13.9. The van der Waals surface area contributed by atoms with Gasteiger partial charge in [-0.2, -0.15) is 0 Å². The Morgan fingerprint density at radius 1 is 1.10 bits per heavy atom. The second-order valence-electron chi connectivity index (χ2n) is 7.06. The van der Waals surface area contributed by atoms with Crippen LogP contribution in [0.25, 0.3) is 0 Å². The molecule has 1 unspecified atom stereocenters. The molecular formula is C22H26N2O5. The number of carbonyl (C=O) groups excluding carboxylic acids is 2. The van der Waals surface area contributed by atoms with Gasteiger partial charge in [-0.3, -0.25) is 9.69 Å². The Kier molecular flexibility index (Phi) is 6.26. The number of hydrogen-bond acceptors (Lipinski definition) is 5. The highest BCUT2D eigenvalue weighted by molar-refractivity contribution is 5.90. The van der Waals surface area contributed by atoms with Gasteiger partial charge in [-0.25, -0.2) is 4.79 Å². The number of cyclic esters (lactones) is 1. The highest BCUT2D eigenvalue weighted by atomic mass is 16.6. The Balaban J connectivity index is 1.54. The number of benzene rings is 2. The van der Waals surface area contributed by atoms with Crippen molar-refractivity contribution < 1.29 is 23.8 Å². The van der Waals surface area contributed by atoms with Gasteiger partial charge < -0.3 is 19.5 Å². The molecule has 1 aliphatic rings. The van der Waals surface area contributed by atoms with Crippen molar-refractivity contribution >= 4 is 17.7 Å². The topological polar surface area (TPSA) is 77.1 Å². The Labute approximate surface area is 170 Å². The minimum Gasteiger partial charge on any atom is -0.493 e. The maximum Gasteiger partial charge on any atom is 0.414 e. The first-order valence-corrected chi connectivity index (χ1v) is 9.44. The van der Waals surface area contributed by atoms with E-state index in [-0.39, 0.29) is 18.9 Å².